The lowest BCUT2D eigenvalue weighted by Gasteiger charge is -2.10. The van der Waals surface area contributed by atoms with Gasteiger partial charge in [-0.1, -0.05) is 12.1 Å². The first-order valence-corrected chi connectivity index (χ1v) is 9.74. The summed E-state index contributed by atoms with van der Waals surface area (Å²) in [4.78, 5) is 48.3. The van der Waals surface area contributed by atoms with Gasteiger partial charge in [0, 0.05) is 11.8 Å². The molecule has 0 atom stereocenters. The number of Topliss-reactive ketones (excluding diaryl/α,β-unsaturated/α-hetero) is 1. The van der Waals surface area contributed by atoms with Gasteiger partial charge in [0.1, 0.15) is 12.3 Å². The molecule has 0 aliphatic heterocycles. The van der Waals surface area contributed by atoms with E-state index in [1.807, 2.05) is 0 Å². The average molecular weight is 418 g/mol. The van der Waals surface area contributed by atoms with Gasteiger partial charge in [-0.25, -0.2) is 0 Å². The summed E-state index contributed by atoms with van der Waals surface area (Å²) >= 11 is 1.22. The topological polar surface area (TPSA) is 111 Å². The predicted octanol–water partition coefficient (Wildman–Crippen LogP) is 1.94. The number of carbonyl (C=O) groups is 4. The Morgan fingerprint density at radius 2 is 1.79 bits per heavy atom. The number of esters is 1. The van der Waals surface area contributed by atoms with Crippen LogP contribution in [0.1, 0.15) is 38.8 Å². The molecule has 0 bridgehead atoms. The summed E-state index contributed by atoms with van der Waals surface area (Å²) in [6.45, 7) is 3.16. The highest BCUT2D eigenvalue weighted by Gasteiger charge is 2.15. The van der Waals surface area contributed by atoms with Crippen LogP contribution in [0.5, 0.6) is 5.75 Å². The molecule has 154 valence electrons. The summed E-state index contributed by atoms with van der Waals surface area (Å²) in [5.74, 6) is -1.30. The number of carbonyl (C=O) groups excluding carboxylic acids is 4. The van der Waals surface area contributed by atoms with Crippen LogP contribution < -0.4 is 15.4 Å². The van der Waals surface area contributed by atoms with Gasteiger partial charge in [-0.2, -0.15) is 0 Å². The molecule has 2 rings (SSSR count). The minimum absolute atomic E-state index is 0.161. The van der Waals surface area contributed by atoms with E-state index >= 15 is 0 Å². The van der Waals surface area contributed by atoms with Crippen molar-refractivity contribution < 1.29 is 28.7 Å². The van der Waals surface area contributed by atoms with Crippen LogP contribution in [0.2, 0.25) is 0 Å². The monoisotopic (exact) mass is 418 g/mol. The minimum atomic E-state index is -0.726. The zero-order valence-electron chi connectivity index (χ0n) is 16.2. The molecule has 8 nitrogen and oxygen atoms in total. The molecule has 0 saturated heterocycles. The molecule has 0 spiro atoms. The molecule has 9 heteroatoms. The number of ketones is 1. The van der Waals surface area contributed by atoms with Gasteiger partial charge in [0.05, 0.1) is 23.6 Å². The summed E-state index contributed by atoms with van der Waals surface area (Å²) in [6.07, 6.45) is 0. The number of thiophene rings is 1. The fraction of sp³-hybridized carbons (Fsp3) is 0.300. The third-order valence-electron chi connectivity index (χ3n) is 3.64. The van der Waals surface area contributed by atoms with Crippen LogP contribution in [-0.2, 0) is 20.9 Å². The molecule has 1 heterocycles. The van der Waals surface area contributed by atoms with Gasteiger partial charge in [0.25, 0.3) is 5.91 Å². The van der Waals surface area contributed by atoms with Crippen LogP contribution >= 0.6 is 11.3 Å². The second-order valence-electron chi connectivity index (χ2n) is 5.87. The van der Waals surface area contributed by atoms with Crippen molar-refractivity contribution in [2.45, 2.75) is 20.4 Å². The van der Waals surface area contributed by atoms with Crippen LogP contribution in [0.25, 0.3) is 0 Å². The first-order chi connectivity index (χ1) is 13.9. The number of rotatable bonds is 10. The van der Waals surface area contributed by atoms with E-state index in [0.717, 1.165) is 4.88 Å². The number of ether oxygens (including phenoxy) is 2. The highest BCUT2D eigenvalue weighted by Crippen LogP contribution is 2.18. The highest BCUT2D eigenvalue weighted by atomic mass is 32.1. The summed E-state index contributed by atoms with van der Waals surface area (Å²) in [5.41, 5.74) is 0.309. The largest absolute Gasteiger partial charge is 0.493 e. The second-order valence-corrected chi connectivity index (χ2v) is 7.04. The minimum Gasteiger partial charge on any atom is -0.493 e. The molecule has 0 unspecified atom stereocenters. The van der Waals surface area contributed by atoms with Gasteiger partial charge >= 0.3 is 5.97 Å². The number of benzene rings is 1. The van der Waals surface area contributed by atoms with Crippen molar-refractivity contribution in [1.82, 2.24) is 10.6 Å². The third-order valence-corrected chi connectivity index (χ3v) is 4.76. The van der Waals surface area contributed by atoms with Crippen molar-refractivity contribution in [3.8, 4) is 5.75 Å². The molecular formula is C20H22N2O6S. The van der Waals surface area contributed by atoms with Crippen molar-refractivity contribution >= 4 is 34.9 Å². The number of hydrogen-bond donors (Lipinski definition) is 2. The first-order valence-electron chi connectivity index (χ1n) is 8.92. The van der Waals surface area contributed by atoms with Crippen molar-refractivity contribution in [2.24, 2.45) is 0 Å². The molecule has 0 aliphatic carbocycles. The Hall–Kier alpha value is -3.20. The molecule has 1 aromatic heterocycles. The molecule has 29 heavy (non-hydrogen) atoms. The lowest BCUT2D eigenvalue weighted by molar-refractivity contribution is -0.141. The summed E-state index contributed by atoms with van der Waals surface area (Å²) in [5, 5.41) is 5.09. The molecule has 2 amide bonds. The Balaban J connectivity index is 1.79. The molecular weight excluding hydrogens is 396 g/mol. The van der Waals surface area contributed by atoms with Crippen molar-refractivity contribution in [3.05, 3.63) is 51.7 Å². The number of para-hydroxylation sites is 1. The van der Waals surface area contributed by atoms with Gasteiger partial charge < -0.3 is 20.1 Å². The lowest BCUT2D eigenvalue weighted by Crippen LogP contribution is -2.31. The van der Waals surface area contributed by atoms with Crippen LogP contribution in [0.15, 0.2) is 36.4 Å². The molecule has 0 aliphatic rings. The van der Waals surface area contributed by atoms with Crippen molar-refractivity contribution in [2.75, 3.05) is 19.8 Å². The normalized spacial score (nSPS) is 10.1. The van der Waals surface area contributed by atoms with Gasteiger partial charge in [-0.15, -0.1) is 11.3 Å². The zero-order chi connectivity index (χ0) is 21.2. The van der Waals surface area contributed by atoms with Crippen molar-refractivity contribution in [1.29, 1.82) is 0 Å². The standard InChI is InChI=1S/C20H22N2O6S/c1-3-27-17-7-5-4-6-15(17)20(26)22-11-19(25)28-12-16(24)18-9-8-14(29-18)10-21-13(2)23/h4-9H,3,10-12H2,1-2H3,(H,21,23)(H,22,26). The molecule has 2 aromatic rings. The maximum Gasteiger partial charge on any atom is 0.325 e. The number of hydrogen-bond acceptors (Lipinski definition) is 7. The second kappa shape index (κ2) is 11.0. The van der Waals surface area contributed by atoms with E-state index < -0.39 is 18.5 Å². The smallest absolute Gasteiger partial charge is 0.325 e. The molecule has 0 saturated carbocycles. The number of nitrogens with one attached hydrogen (secondary N) is 2. The van der Waals surface area contributed by atoms with E-state index in [0.29, 0.717) is 29.3 Å². The summed E-state index contributed by atoms with van der Waals surface area (Å²) in [7, 11) is 0. The summed E-state index contributed by atoms with van der Waals surface area (Å²) < 4.78 is 10.3. The Bertz CT molecular complexity index is 893. The molecule has 1 aromatic carbocycles. The average Bonchev–Trinajstić information content (AvgIpc) is 3.18. The van der Waals surface area contributed by atoms with Gasteiger partial charge in [-0.3, -0.25) is 19.2 Å². The van der Waals surface area contributed by atoms with E-state index in [1.54, 1.807) is 43.3 Å². The number of amides is 2. The Morgan fingerprint density at radius 1 is 1.03 bits per heavy atom. The van der Waals surface area contributed by atoms with Gasteiger partial charge in [0.2, 0.25) is 11.7 Å². The van der Waals surface area contributed by atoms with E-state index in [9.17, 15) is 19.2 Å². The lowest BCUT2D eigenvalue weighted by atomic mass is 10.2. The van der Waals surface area contributed by atoms with E-state index in [2.05, 4.69) is 10.6 Å². The SMILES string of the molecule is CCOc1ccccc1C(=O)NCC(=O)OCC(=O)c1ccc(CNC(C)=O)s1. The van der Waals surface area contributed by atoms with E-state index in [-0.39, 0.29) is 18.2 Å². The maximum atomic E-state index is 12.2. The fourth-order valence-corrected chi connectivity index (χ4v) is 3.16. The molecule has 0 fully saturated rings. The Labute approximate surface area is 172 Å². The van der Waals surface area contributed by atoms with Gasteiger partial charge in [-0.05, 0) is 31.2 Å². The fourth-order valence-electron chi connectivity index (χ4n) is 2.29. The highest BCUT2D eigenvalue weighted by molar-refractivity contribution is 7.14. The quantitative estimate of drug-likeness (QED) is 0.451. The summed E-state index contributed by atoms with van der Waals surface area (Å²) in [6, 6.07) is 10.0. The Morgan fingerprint density at radius 3 is 2.52 bits per heavy atom. The first kappa shape index (κ1) is 22.1. The van der Waals surface area contributed by atoms with Crippen LogP contribution in [0, 0.1) is 0 Å². The zero-order valence-corrected chi connectivity index (χ0v) is 17.0. The van der Waals surface area contributed by atoms with Crippen LogP contribution in [-0.4, -0.2) is 43.3 Å². The maximum absolute atomic E-state index is 12.2. The van der Waals surface area contributed by atoms with Crippen LogP contribution in [0.4, 0.5) is 0 Å². The third kappa shape index (κ3) is 7.04. The van der Waals surface area contributed by atoms with E-state index in [4.69, 9.17) is 9.47 Å². The Kier molecular flexibility index (Phi) is 8.35. The molecule has 2 N–H and O–H groups in total. The van der Waals surface area contributed by atoms with Gasteiger partial charge in [0.15, 0.2) is 6.61 Å². The van der Waals surface area contributed by atoms with Crippen molar-refractivity contribution in [3.63, 3.8) is 0 Å². The van der Waals surface area contributed by atoms with E-state index in [1.165, 1.54) is 18.3 Å². The van der Waals surface area contributed by atoms with Crippen LogP contribution in [0.3, 0.4) is 0 Å². The predicted molar refractivity (Wildman–Crippen MR) is 107 cm³/mol. The molecule has 0 radical (unpaired) electrons.